The molecule has 0 amide bonds. The van der Waals surface area contributed by atoms with E-state index >= 15 is 0 Å². The number of ether oxygens (including phenoxy) is 2. The SMILES string of the molecule is CCc1ccc(OC[C@H](O)C[NH+]2C[C@@H](C)O[C@@H](C)C2)cc1. The second-order valence-corrected chi connectivity index (χ2v) is 6.08. The van der Waals surface area contributed by atoms with Crippen molar-refractivity contribution >= 4 is 0 Å². The first-order valence-electron chi connectivity index (χ1n) is 7.95. The molecule has 1 aromatic rings. The quantitative estimate of drug-likeness (QED) is 0.811. The van der Waals surface area contributed by atoms with Crippen LogP contribution < -0.4 is 9.64 Å². The number of rotatable bonds is 6. The van der Waals surface area contributed by atoms with Gasteiger partial charge in [-0.1, -0.05) is 19.1 Å². The molecule has 0 radical (unpaired) electrons. The number of morpholine rings is 1. The van der Waals surface area contributed by atoms with E-state index in [1.54, 1.807) is 0 Å². The Kier molecular flexibility index (Phi) is 6.03. The molecule has 2 N–H and O–H groups in total. The van der Waals surface area contributed by atoms with Gasteiger partial charge in [0.15, 0.2) is 0 Å². The lowest BCUT2D eigenvalue weighted by molar-refractivity contribution is -0.918. The van der Waals surface area contributed by atoms with E-state index < -0.39 is 6.10 Å². The van der Waals surface area contributed by atoms with E-state index in [2.05, 4.69) is 32.9 Å². The van der Waals surface area contributed by atoms with Crippen LogP contribution >= 0.6 is 0 Å². The maximum Gasteiger partial charge on any atom is 0.137 e. The zero-order valence-electron chi connectivity index (χ0n) is 13.3. The number of nitrogens with one attached hydrogen (secondary N) is 1. The Labute approximate surface area is 127 Å². The molecule has 1 aliphatic heterocycles. The van der Waals surface area contributed by atoms with Crippen LogP contribution in [0.5, 0.6) is 5.75 Å². The highest BCUT2D eigenvalue weighted by Gasteiger charge is 2.27. The summed E-state index contributed by atoms with van der Waals surface area (Å²) >= 11 is 0. The van der Waals surface area contributed by atoms with Crippen molar-refractivity contribution < 1.29 is 19.5 Å². The number of quaternary nitrogens is 1. The van der Waals surface area contributed by atoms with E-state index in [0.717, 1.165) is 25.3 Å². The third-order valence-electron chi connectivity index (χ3n) is 3.92. The van der Waals surface area contributed by atoms with Crippen LogP contribution in [-0.4, -0.2) is 49.7 Å². The zero-order valence-corrected chi connectivity index (χ0v) is 13.3. The van der Waals surface area contributed by atoms with Crippen LogP contribution in [0.3, 0.4) is 0 Å². The maximum atomic E-state index is 10.1. The minimum Gasteiger partial charge on any atom is -0.491 e. The fourth-order valence-corrected chi connectivity index (χ4v) is 2.96. The summed E-state index contributed by atoms with van der Waals surface area (Å²) in [6, 6.07) is 8.07. The largest absolute Gasteiger partial charge is 0.491 e. The number of aryl methyl sites for hydroxylation is 1. The van der Waals surface area contributed by atoms with Crippen molar-refractivity contribution in [2.75, 3.05) is 26.2 Å². The molecule has 1 unspecified atom stereocenters. The van der Waals surface area contributed by atoms with Crippen molar-refractivity contribution in [3.63, 3.8) is 0 Å². The van der Waals surface area contributed by atoms with Crippen molar-refractivity contribution in [1.29, 1.82) is 0 Å². The Balaban J connectivity index is 1.74. The summed E-state index contributed by atoms with van der Waals surface area (Å²) in [5.41, 5.74) is 1.30. The van der Waals surface area contributed by atoms with E-state index in [-0.39, 0.29) is 12.2 Å². The van der Waals surface area contributed by atoms with E-state index in [4.69, 9.17) is 9.47 Å². The van der Waals surface area contributed by atoms with Crippen LogP contribution in [0.1, 0.15) is 26.3 Å². The van der Waals surface area contributed by atoms with Crippen molar-refractivity contribution in [1.82, 2.24) is 0 Å². The Hall–Kier alpha value is -1.10. The van der Waals surface area contributed by atoms with Crippen LogP contribution in [0.25, 0.3) is 0 Å². The summed E-state index contributed by atoms with van der Waals surface area (Å²) in [6.07, 6.45) is 1.11. The predicted octanol–water partition coefficient (Wildman–Crippen LogP) is 0.681. The van der Waals surface area contributed by atoms with Gasteiger partial charge in [-0.05, 0) is 38.0 Å². The maximum absolute atomic E-state index is 10.1. The molecule has 2 rings (SSSR count). The molecule has 1 heterocycles. The molecule has 0 aromatic heterocycles. The average Bonchev–Trinajstić information content (AvgIpc) is 2.44. The number of hydrogen-bond donors (Lipinski definition) is 2. The predicted molar refractivity (Wildman–Crippen MR) is 82.9 cm³/mol. The van der Waals surface area contributed by atoms with Gasteiger partial charge >= 0.3 is 0 Å². The molecule has 0 spiro atoms. The topological polar surface area (TPSA) is 43.1 Å². The van der Waals surface area contributed by atoms with Gasteiger partial charge in [0.05, 0.1) is 0 Å². The number of benzene rings is 1. The lowest BCUT2D eigenvalue weighted by Gasteiger charge is -2.33. The van der Waals surface area contributed by atoms with Crippen LogP contribution in [0.4, 0.5) is 0 Å². The van der Waals surface area contributed by atoms with Gasteiger partial charge in [0.2, 0.25) is 0 Å². The first kappa shape index (κ1) is 16.3. The highest BCUT2D eigenvalue weighted by atomic mass is 16.5. The standard InChI is InChI=1S/C17H27NO3/c1-4-15-5-7-17(8-6-15)20-12-16(19)11-18-9-13(2)21-14(3)10-18/h5-8,13-14,16,19H,4,9-12H2,1-3H3/p+1/t13-,14+,16-/m1/s1. The highest BCUT2D eigenvalue weighted by molar-refractivity contribution is 5.27. The van der Waals surface area contributed by atoms with Gasteiger partial charge in [-0.3, -0.25) is 0 Å². The number of aliphatic hydroxyl groups is 1. The number of hydrogen-bond acceptors (Lipinski definition) is 3. The first-order valence-corrected chi connectivity index (χ1v) is 7.95. The Bertz CT molecular complexity index is 411. The molecule has 1 saturated heterocycles. The van der Waals surface area contributed by atoms with Crippen molar-refractivity contribution in [2.45, 2.75) is 45.5 Å². The van der Waals surface area contributed by atoms with Gasteiger partial charge < -0.3 is 19.5 Å². The van der Waals surface area contributed by atoms with Gasteiger partial charge in [-0.15, -0.1) is 0 Å². The molecule has 1 aromatic carbocycles. The summed E-state index contributed by atoms with van der Waals surface area (Å²) in [5, 5.41) is 10.1. The van der Waals surface area contributed by atoms with E-state index in [1.165, 1.54) is 10.5 Å². The summed E-state index contributed by atoms with van der Waals surface area (Å²) in [7, 11) is 0. The van der Waals surface area contributed by atoms with Gasteiger partial charge in [0.25, 0.3) is 0 Å². The van der Waals surface area contributed by atoms with Crippen molar-refractivity contribution in [2.24, 2.45) is 0 Å². The van der Waals surface area contributed by atoms with Crippen molar-refractivity contribution in [3.05, 3.63) is 29.8 Å². The zero-order chi connectivity index (χ0) is 15.2. The molecule has 1 fully saturated rings. The lowest BCUT2D eigenvalue weighted by atomic mass is 10.2. The average molecular weight is 294 g/mol. The minimum atomic E-state index is -0.441. The molecular formula is C17H28NO3+. The van der Waals surface area contributed by atoms with Gasteiger partial charge in [-0.2, -0.15) is 0 Å². The third kappa shape index (κ3) is 5.30. The van der Waals surface area contributed by atoms with Crippen LogP contribution in [0.2, 0.25) is 0 Å². The molecule has 21 heavy (non-hydrogen) atoms. The molecular weight excluding hydrogens is 266 g/mol. The van der Waals surface area contributed by atoms with Crippen molar-refractivity contribution in [3.8, 4) is 5.75 Å². The molecule has 118 valence electrons. The van der Waals surface area contributed by atoms with E-state index in [1.807, 2.05) is 12.1 Å². The Morgan fingerprint density at radius 1 is 1.24 bits per heavy atom. The molecule has 1 aliphatic rings. The van der Waals surface area contributed by atoms with Gasteiger partial charge in [-0.25, -0.2) is 0 Å². The highest BCUT2D eigenvalue weighted by Crippen LogP contribution is 2.12. The summed E-state index contributed by atoms with van der Waals surface area (Å²) < 4.78 is 11.4. The monoisotopic (exact) mass is 294 g/mol. The number of aliphatic hydroxyl groups excluding tert-OH is 1. The van der Waals surface area contributed by atoms with E-state index in [9.17, 15) is 5.11 Å². The molecule has 0 bridgehead atoms. The Morgan fingerprint density at radius 2 is 1.86 bits per heavy atom. The normalized spacial score (nSPS) is 27.3. The fraction of sp³-hybridized carbons (Fsp3) is 0.647. The van der Waals surface area contributed by atoms with Crippen LogP contribution in [0, 0.1) is 0 Å². The molecule has 4 atom stereocenters. The summed E-state index contributed by atoms with van der Waals surface area (Å²) in [4.78, 5) is 1.39. The Morgan fingerprint density at radius 3 is 2.43 bits per heavy atom. The molecule has 0 saturated carbocycles. The van der Waals surface area contributed by atoms with Gasteiger partial charge in [0.1, 0.15) is 50.3 Å². The second kappa shape index (κ2) is 7.78. The summed E-state index contributed by atoms with van der Waals surface area (Å²) in [6.45, 7) is 9.28. The smallest absolute Gasteiger partial charge is 0.137 e. The second-order valence-electron chi connectivity index (χ2n) is 6.08. The fourth-order valence-electron chi connectivity index (χ4n) is 2.96. The first-order chi connectivity index (χ1) is 10.1. The van der Waals surface area contributed by atoms with Gasteiger partial charge in [0, 0.05) is 0 Å². The summed E-state index contributed by atoms with van der Waals surface area (Å²) in [5.74, 6) is 0.824. The van der Waals surface area contributed by atoms with Crippen LogP contribution in [0.15, 0.2) is 24.3 Å². The van der Waals surface area contributed by atoms with E-state index in [0.29, 0.717) is 13.2 Å². The van der Waals surface area contributed by atoms with Crippen LogP contribution in [-0.2, 0) is 11.2 Å². The lowest BCUT2D eigenvalue weighted by Crippen LogP contribution is -3.16. The molecule has 4 heteroatoms. The minimum absolute atomic E-state index is 0.262. The third-order valence-corrected chi connectivity index (χ3v) is 3.92. The molecule has 4 nitrogen and oxygen atoms in total. The molecule has 0 aliphatic carbocycles.